The summed E-state index contributed by atoms with van der Waals surface area (Å²) >= 11 is 1.72. The van der Waals surface area contributed by atoms with Crippen molar-refractivity contribution >= 4 is 76.7 Å². The SMILES string of the molecule is C=C([C@@H]1CC(=O)N(C)[C@@H](CC2CCSC2)C(=O)N[C@@H]([C@@H](C)CC)C(=O)N(C)CC(=O)N(C)[C@H]2CCCCCN(C2=O)[C@@H](CC2CCC(F)CC2)C(=O)N(C)CC(=O)N[C@@H](CCC2CC(F)C(C(F)(F)F)C(F)C2)C(=O)N2C[C@H](OCC)C[C@H]2C(=O)NC2(CCC2)C(=O)N(C)[C@@H](C2CCCC2)C(=O)N1C)N(C)C. The number of carbonyl (C=O) groups is 11. The number of nitrogens with one attached hydrogen (secondary N) is 3. The molecular weight excluding hydrogens is 1420 g/mol. The van der Waals surface area contributed by atoms with Crippen LogP contribution in [-0.2, 0) is 57.5 Å². The van der Waals surface area contributed by atoms with E-state index in [2.05, 4.69) is 22.5 Å². The monoisotopic (exact) mass is 1540 g/mol. The number of alkyl halides is 6. The highest BCUT2D eigenvalue weighted by molar-refractivity contribution is 7.99. The number of hydrogen-bond donors (Lipinski definition) is 3. The van der Waals surface area contributed by atoms with Crippen LogP contribution in [0, 0.1) is 35.5 Å². The Hall–Kier alpha value is -6.40. The molecule has 3 unspecified atom stereocenters. The Bertz CT molecular complexity index is 3140. The average molecular weight is 1540 g/mol. The van der Waals surface area contributed by atoms with Gasteiger partial charge in [0, 0.05) is 88.2 Å². The number of hydrogen-bond acceptors (Lipinski definition) is 14. The Morgan fingerprint density at radius 2 is 1.27 bits per heavy atom. The molecule has 0 aromatic rings. The summed E-state index contributed by atoms with van der Waals surface area (Å²) in [6.07, 6.45) is -7.16. The number of fused-ring (bicyclic) bond motifs is 3. The van der Waals surface area contributed by atoms with Crippen molar-refractivity contribution in [3.8, 4) is 0 Å². The molecule has 0 aromatic heterocycles. The van der Waals surface area contributed by atoms with Crippen LogP contribution in [0.15, 0.2) is 12.3 Å². The third-order valence-electron chi connectivity index (χ3n) is 24.8. The van der Waals surface area contributed by atoms with E-state index in [-0.39, 0.29) is 102 Å². The highest BCUT2D eigenvalue weighted by Crippen LogP contribution is 2.45. The van der Waals surface area contributed by atoms with Crippen LogP contribution < -0.4 is 16.0 Å². The standard InChI is InChI=1S/C76H120F6N12O12S/c1-13-45(3)65-72(103)88(8)43-63(97)89(9)56-23-16-15-19-33-93(71(56)102)60(37-47-24-27-51(77)28-25-47)70(101)87(7)42-61(95)83-55(29-26-48-35-53(78)64(54(79)36-48)76(80,81)82)69(100)94-41-52(106-14-2)39-59(94)68(99)85-75(31-20-32-75)74(105)92(12)66(50-21-17-18-22-50)73(104)91(11)57(46(4)86(5)6)40-62(96)90(10)58(67(98)84-65)38-49-30-34-107-44-49/h45,47-60,64-66H,4,13-44H2,1-3,5-12H3,(H,83,95)(H,84,98)(H,85,99)/t45-,47?,48?,49?,51?,52+,53?,54?,55-,56-,57-,58-,59-,60-,64?,65-,66-/m0/s1. The first-order valence-corrected chi connectivity index (χ1v) is 40.3. The predicted molar refractivity (Wildman–Crippen MR) is 391 cm³/mol. The van der Waals surface area contributed by atoms with Gasteiger partial charge in [-0.2, -0.15) is 24.9 Å². The summed E-state index contributed by atoms with van der Waals surface area (Å²) in [6, 6.07) is -9.92. The van der Waals surface area contributed by atoms with Gasteiger partial charge in [0.15, 0.2) is 0 Å². The number of nitrogens with zero attached hydrogens (tertiary/aromatic N) is 9. The van der Waals surface area contributed by atoms with E-state index in [1.54, 1.807) is 44.6 Å². The molecule has 0 aromatic carbocycles. The highest BCUT2D eigenvalue weighted by atomic mass is 32.2. The number of likely N-dealkylation sites (N-methyl/N-ethyl adjacent to an activating group) is 7. The highest BCUT2D eigenvalue weighted by Gasteiger charge is 2.56. The van der Waals surface area contributed by atoms with E-state index < -0.39 is 200 Å². The zero-order valence-electron chi connectivity index (χ0n) is 64.8. The molecule has 31 heteroatoms. The summed E-state index contributed by atoms with van der Waals surface area (Å²) in [5.41, 5.74) is -1.24. The fraction of sp³-hybridized carbons (Fsp3) is 0.829. The first-order valence-electron chi connectivity index (χ1n) is 39.1. The third kappa shape index (κ3) is 21.0. The minimum Gasteiger partial charge on any atom is -0.380 e. The molecule has 0 radical (unpaired) electrons. The van der Waals surface area contributed by atoms with Crippen molar-refractivity contribution < 1.29 is 83.8 Å². The molecule has 8 rings (SSSR count). The lowest BCUT2D eigenvalue weighted by Crippen LogP contribution is -2.68. The molecule has 8 fully saturated rings. The topological polar surface area (TPSA) is 262 Å². The molecule has 107 heavy (non-hydrogen) atoms. The molecule has 2 bridgehead atoms. The predicted octanol–water partition coefficient (Wildman–Crippen LogP) is 6.82. The van der Waals surface area contributed by atoms with Gasteiger partial charge in [-0.25, -0.2) is 13.2 Å². The van der Waals surface area contributed by atoms with Crippen LogP contribution in [0.5, 0.6) is 0 Å². The second kappa shape index (κ2) is 38.0. The fourth-order valence-corrected chi connectivity index (χ4v) is 19.0. The van der Waals surface area contributed by atoms with E-state index in [1.807, 2.05) is 6.92 Å². The second-order valence-electron chi connectivity index (χ2n) is 32.4. The molecule has 4 aliphatic carbocycles. The lowest BCUT2D eigenvalue weighted by molar-refractivity contribution is -0.219. The molecule has 13 atom stereocenters. The molecule has 8 aliphatic rings. The maximum absolute atomic E-state index is 15.7. The van der Waals surface area contributed by atoms with Gasteiger partial charge in [0.1, 0.15) is 72.3 Å². The molecule has 3 N–H and O–H groups in total. The van der Waals surface area contributed by atoms with Gasteiger partial charge in [0.2, 0.25) is 65.0 Å². The van der Waals surface area contributed by atoms with Gasteiger partial charge >= 0.3 is 6.18 Å². The summed E-state index contributed by atoms with van der Waals surface area (Å²) in [5.74, 6) is -10.8. The minimum absolute atomic E-state index is 0.0123. The van der Waals surface area contributed by atoms with Crippen LogP contribution in [0.25, 0.3) is 0 Å². The Balaban J connectivity index is 1.20. The van der Waals surface area contributed by atoms with Crippen molar-refractivity contribution in [3.63, 3.8) is 0 Å². The van der Waals surface area contributed by atoms with Gasteiger partial charge in [-0.1, -0.05) is 52.5 Å². The van der Waals surface area contributed by atoms with Crippen LogP contribution in [-0.4, -0.2) is 294 Å². The summed E-state index contributed by atoms with van der Waals surface area (Å²) in [6.45, 7) is 8.35. The average Bonchev–Trinajstić information content (AvgIpc) is 1.71. The third-order valence-corrected chi connectivity index (χ3v) is 26.0. The van der Waals surface area contributed by atoms with Crippen molar-refractivity contribution in [3.05, 3.63) is 12.3 Å². The quantitative estimate of drug-likeness (QED) is 0.151. The van der Waals surface area contributed by atoms with Crippen LogP contribution in [0.1, 0.15) is 181 Å². The maximum Gasteiger partial charge on any atom is 0.397 e. The molecule has 4 aliphatic heterocycles. The molecule has 11 amide bonds. The van der Waals surface area contributed by atoms with Gasteiger partial charge in [-0.3, -0.25) is 52.7 Å². The Labute approximate surface area is 632 Å². The van der Waals surface area contributed by atoms with Crippen molar-refractivity contribution in [1.29, 1.82) is 0 Å². The number of carbonyl (C=O) groups excluding carboxylic acids is 11. The van der Waals surface area contributed by atoms with Crippen LogP contribution in [0.4, 0.5) is 26.3 Å². The summed E-state index contributed by atoms with van der Waals surface area (Å²) in [5, 5.41) is 8.71. The van der Waals surface area contributed by atoms with Crippen molar-refractivity contribution in [2.75, 3.05) is 101 Å². The van der Waals surface area contributed by atoms with E-state index >= 15 is 47.1 Å². The Morgan fingerprint density at radius 3 is 1.86 bits per heavy atom. The lowest BCUT2D eigenvalue weighted by atomic mass is 9.74. The summed E-state index contributed by atoms with van der Waals surface area (Å²) in [7, 11) is 12.2. The first kappa shape index (κ1) is 86.2. The zero-order valence-corrected chi connectivity index (χ0v) is 65.6. The molecule has 1 spiro atoms. The smallest absolute Gasteiger partial charge is 0.380 e. The van der Waals surface area contributed by atoms with Gasteiger partial charge in [0.25, 0.3) is 0 Å². The zero-order chi connectivity index (χ0) is 78.7. The van der Waals surface area contributed by atoms with Crippen molar-refractivity contribution in [1.82, 2.24) is 60.0 Å². The maximum atomic E-state index is 15.7. The normalized spacial score (nSPS) is 33.2. The number of ether oxygens (including phenoxy) is 1. The van der Waals surface area contributed by atoms with Gasteiger partial charge in [-0.05, 0) is 164 Å². The second-order valence-corrected chi connectivity index (χ2v) is 33.5. The van der Waals surface area contributed by atoms with Crippen LogP contribution in [0.3, 0.4) is 0 Å². The first-order chi connectivity index (χ1) is 50.5. The number of amides is 11. The molecular formula is C76H120F6N12O12S. The largest absolute Gasteiger partial charge is 0.397 e. The van der Waals surface area contributed by atoms with E-state index in [4.69, 9.17) is 4.74 Å². The summed E-state index contributed by atoms with van der Waals surface area (Å²) < 4.78 is 93.8. The van der Waals surface area contributed by atoms with Gasteiger partial charge < -0.3 is 64.8 Å². The Kier molecular flexibility index (Phi) is 30.6. The van der Waals surface area contributed by atoms with E-state index in [0.717, 1.165) is 35.7 Å². The van der Waals surface area contributed by atoms with Gasteiger partial charge in [-0.15, -0.1) is 0 Å². The minimum atomic E-state index is -5.18. The molecule has 4 saturated heterocycles. The van der Waals surface area contributed by atoms with Crippen LogP contribution >= 0.6 is 11.8 Å². The lowest BCUT2D eigenvalue weighted by Gasteiger charge is -2.47. The molecule has 4 saturated carbocycles. The molecule has 4 heterocycles. The number of rotatable bonds is 14. The van der Waals surface area contributed by atoms with E-state index in [0.29, 0.717) is 63.5 Å². The molecule has 604 valence electrons. The summed E-state index contributed by atoms with van der Waals surface area (Å²) in [4.78, 5) is 180. The van der Waals surface area contributed by atoms with E-state index in [1.165, 1.54) is 76.6 Å². The fourth-order valence-electron chi connectivity index (χ4n) is 17.7. The van der Waals surface area contributed by atoms with E-state index in [9.17, 15) is 31.9 Å². The van der Waals surface area contributed by atoms with Gasteiger partial charge in [0.05, 0.1) is 31.7 Å². The van der Waals surface area contributed by atoms with Crippen molar-refractivity contribution in [2.45, 2.75) is 266 Å². The number of thioether (sulfide) groups is 1. The Morgan fingerprint density at radius 1 is 0.636 bits per heavy atom. The number of halogens is 6. The van der Waals surface area contributed by atoms with Crippen LogP contribution in [0.2, 0.25) is 0 Å². The molecule has 24 nitrogen and oxygen atoms in total. The van der Waals surface area contributed by atoms with Crippen molar-refractivity contribution in [2.24, 2.45) is 35.5 Å².